The summed E-state index contributed by atoms with van der Waals surface area (Å²) in [5, 5.41) is 9.66. The van der Waals surface area contributed by atoms with E-state index in [0.29, 0.717) is 5.57 Å². The van der Waals surface area contributed by atoms with Gasteiger partial charge in [0.15, 0.2) is 0 Å². The van der Waals surface area contributed by atoms with Crippen molar-refractivity contribution in [3.8, 4) is 0 Å². The van der Waals surface area contributed by atoms with Crippen LogP contribution in [0.2, 0.25) is 0 Å². The highest BCUT2D eigenvalue weighted by Gasteiger charge is 2.38. The molecule has 1 aliphatic rings. The van der Waals surface area contributed by atoms with Crippen molar-refractivity contribution in [2.45, 2.75) is 57.8 Å². The first-order chi connectivity index (χ1) is 8.29. The Balaban J connectivity index is 2.55. The lowest BCUT2D eigenvalue weighted by Crippen LogP contribution is -2.31. The van der Waals surface area contributed by atoms with Crippen LogP contribution in [0.5, 0.6) is 0 Å². The van der Waals surface area contributed by atoms with Gasteiger partial charge in [-0.2, -0.15) is 0 Å². The van der Waals surface area contributed by atoms with Crippen molar-refractivity contribution in [3.63, 3.8) is 0 Å². The number of aliphatic hydroxyl groups is 1. The number of ketones is 1. The molecule has 0 aromatic heterocycles. The average Bonchev–Trinajstić information content (AvgIpc) is 2.71. The molecule has 0 saturated carbocycles. The molecule has 1 saturated heterocycles. The number of ether oxygens (including phenoxy) is 1. The maximum absolute atomic E-state index is 12.0. The van der Waals surface area contributed by atoms with Gasteiger partial charge >= 0.3 is 0 Å². The van der Waals surface area contributed by atoms with E-state index in [1.54, 1.807) is 13.0 Å². The minimum Gasteiger partial charge on any atom is -0.388 e. The van der Waals surface area contributed by atoms with Gasteiger partial charge < -0.3 is 9.84 Å². The van der Waals surface area contributed by atoms with Crippen molar-refractivity contribution in [2.24, 2.45) is 5.92 Å². The summed E-state index contributed by atoms with van der Waals surface area (Å²) in [6, 6.07) is 0. The molecule has 3 nitrogen and oxygen atoms in total. The van der Waals surface area contributed by atoms with Crippen LogP contribution in [-0.4, -0.2) is 28.7 Å². The van der Waals surface area contributed by atoms with Crippen LogP contribution in [0.3, 0.4) is 0 Å². The van der Waals surface area contributed by atoms with E-state index in [1.165, 1.54) is 0 Å². The lowest BCUT2D eigenvalue weighted by molar-refractivity contribution is -0.129. The standard InChI is InChI=1S/C15H24O3/c1-6-15(5)8-7-14(18-15)11(4)13(17)9-12(16)10(2)3/h6,11-12,14,16H,1-2,7-9H2,3-5H3/t11-,12+,14+,15+/m1/s1. The summed E-state index contributed by atoms with van der Waals surface area (Å²) < 4.78 is 5.88. The molecule has 0 aliphatic carbocycles. The zero-order valence-electron chi connectivity index (χ0n) is 11.6. The fourth-order valence-electron chi connectivity index (χ4n) is 2.15. The molecule has 0 bridgehead atoms. The highest BCUT2D eigenvalue weighted by molar-refractivity contribution is 5.82. The highest BCUT2D eigenvalue weighted by atomic mass is 16.5. The van der Waals surface area contributed by atoms with E-state index in [0.717, 1.165) is 12.8 Å². The van der Waals surface area contributed by atoms with E-state index < -0.39 is 6.10 Å². The molecular weight excluding hydrogens is 228 g/mol. The molecular formula is C15H24O3. The van der Waals surface area contributed by atoms with Crippen LogP contribution >= 0.6 is 0 Å². The molecule has 102 valence electrons. The molecule has 0 unspecified atom stereocenters. The summed E-state index contributed by atoms with van der Waals surface area (Å²) in [6.07, 6.45) is 2.86. The Bertz CT molecular complexity index is 348. The number of Topliss-reactive ketones (excluding diaryl/α,β-unsaturated/α-hetero) is 1. The Morgan fingerprint density at radius 2 is 2.28 bits per heavy atom. The van der Waals surface area contributed by atoms with Gasteiger partial charge in [-0.3, -0.25) is 4.79 Å². The molecule has 0 radical (unpaired) electrons. The largest absolute Gasteiger partial charge is 0.388 e. The molecule has 0 spiro atoms. The molecule has 4 atom stereocenters. The Labute approximate surface area is 110 Å². The second-order valence-corrected chi connectivity index (χ2v) is 5.53. The van der Waals surface area contributed by atoms with Gasteiger partial charge in [0.2, 0.25) is 0 Å². The first-order valence-electron chi connectivity index (χ1n) is 6.46. The molecule has 1 aliphatic heterocycles. The third kappa shape index (κ3) is 3.53. The van der Waals surface area contributed by atoms with Crippen LogP contribution in [0.4, 0.5) is 0 Å². The highest BCUT2D eigenvalue weighted by Crippen LogP contribution is 2.35. The lowest BCUT2D eigenvalue weighted by Gasteiger charge is -2.24. The number of carbonyl (C=O) groups excluding carboxylic acids is 1. The number of rotatable bonds is 6. The van der Waals surface area contributed by atoms with Crippen molar-refractivity contribution in [1.29, 1.82) is 0 Å². The second kappa shape index (κ2) is 5.81. The van der Waals surface area contributed by atoms with Crippen LogP contribution in [-0.2, 0) is 9.53 Å². The van der Waals surface area contributed by atoms with Gasteiger partial charge in [-0.25, -0.2) is 0 Å². The van der Waals surface area contributed by atoms with Gasteiger partial charge in [-0.05, 0) is 26.7 Å². The Kier molecular flexibility index (Phi) is 4.88. The topological polar surface area (TPSA) is 46.5 Å². The predicted octanol–water partition coefficient (Wildman–Crippen LogP) is 2.64. The zero-order chi connectivity index (χ0) is 13.9. The summed E-state index contributed by atoms with van der Waals surface area (Å²) in [7, 11) is 0. The minimum atomic E-state index is -0.743. The number of hydrogen-bond acceptors (Lipinski definition) is 3. The first-order valence-corrected chi connectivity index (χ1v) is 6.46. The molecule has 0 amide bonds. The summed E-state index contributed by atoms with van der Waals surface area (Å²) in [5.41, 5.74) is 0.311. The van der Waals surface area contributed by atoms with E-state index in [2.05, 4.69) is 13.2 Å². The van der Waals surface area contributed by atoms with E-state index in [9.17, 15) is 9.90 Å². The van der Waals surface area contributed by atoms with Crippen molar-refractivity contribution in [1.82, 2.24) is 0 Å². The molecule has 18 heavy (non-hydrogen) atoms. The van der Waals surface area contributed by atoms with Crippen LogP contribution in [0.25, 0.3) is 0 Å². The number of aliphatic hydroxyl groups excluding tert-OH is 1. The monoisotopic (exact) mass is 252 g/mol. The SMILES string of the molecule is C=C[C@@]1(C)CC[C@@H]([C@H](C)C(=O)C[C@H](O)C(=C)C)O1. The average molecular weight is 252 g/mol. The second-order valence-electron chi connectivity index (χ2n) is 5.53. The zero-order valence-corrected chi connectivity index (χ0v) is 11.6. The van der Waals surface area contributed by atoms with Gasteiger partial charge in [0, 0.05) is 12.3 Å². The maximum Gasteiger partial charge on any atom is 0.141 e. The van der Waals surface area contributed by atoms with Crippen molar-refractivity contribution in [2.75, 3.05) is 0 Å². The molecule has 1 fully saturated rings. The summed E-state index contributed by atoms with van der Waals surface area (Å²) >= 11 is 0. The molecule has 3 heteroatoms. The fourth-order valence-corrected chi connectivity index (χ4v) is 2.15. The third-order valence-corrected chi connectivity index (χ3v) is 3.81. The van der Waals surface area contributed by atoms with E-state index >= 15 is 0 Å². The van der Waals surface area contributed by atoms with Crippen molar-refractivity contribution < 1.29 is 14.6 Å². The summed E-state index contributed by atoms with van der Waals surface area (Å²) in [5.74, 6) is -0.162. The van der Waals surface area contributed by atoms with Crippen LogP contribution < -0.4 is 0 Å². The van der Waals surface area contributed by atoms with Crippen LogP contribution in [0.1, 0.15) is 40.0 Å². The van der Waals surface area contributed by atoms with Crippen molar-refractivity contribution >= 4 is 5.78 Å². The molecule has 0 aromatic carbocycles. The van der Waals surface area contributed by atoms with Crippen LogP contribution in [0.15, 0.2) is 24.8 Å². The van der Waals surface area contributed by atoms with Crippen molar-refractivity contribution in [3.05, 3.63) is 24.8 Å². The smallest absolute Gasteiger partial charge is 0.141 e. The Morgan fingerprint density at radius 3 is 2.72 bits per heavy atom. The van der Waals surface area contributed by atoms with E-state index in [-0.39, 0.29) is 29.8 Å². The van der Waals surface area contributed by atoms with Crippen LogP contribution in [0, 0.1) is 5.92 Å². The molecule has 0 aromatic rings. The van der Waals surface area contributed by atoms with Gasteiger partial charge in [0.05, 0.1) is 17.8 Å². The quantitative estimate of drug-likeness (QED) is 0.739. The Morgan fingerprint density at radius 1 is 1.67 bits per heavy atom. The fraction of sp³-hybridized carbons (Fsp3) is 0.667. The Hall–Kier alpha value is -0.930. The lowest BCUT2D eigenvalue weighted by atomic mass is 9.92. The van der Waals surface area contributed by atoms with Gasteiger partial charge in [0.1, 0.15) is 5.78 Å². The first kappa shape index (κ1) is 15.1. The van der Waals surface area contributed by atoms with E-state index in [1.807, 2.05) is 13.8 Å². The van der Waals surface area contributed by atoms with Gasteiger partial charge in [0.25, 0.3) is 0 Å². The molecule has 1 rings (SSSR count). The third-order valence-electron chi connectivity index (χ3n) is 3.81. The maximum atomic E-state index is 12.0. The molecule has 1 heterocycles. The predicted molar refractivity (Wildman–Crippen MR) is 72.3 cm³/mol. The van der Waals surface area contributed by atoms with Gasteiger partial charge in [-0.15, -0.1) is 6.58 Å². The summed E-state index contributed by atoms with van der Waals surface area (Å²) in [4.78, 5) is 12.0. The normalized spacial score (nSPS) is 30.8. The minimum absolute atomic E-state index is 0.0313. The number of hydrogen-bond donors (Lipinski definition) is 1. The van der Waals surface area contributed by atoms with Gasteiger partial charge in [-0.1, -0.05) is 25.2 Å². The summed E-state index contributed by atoms with van der Waals surface area (Å²) in [6.45, 7) is 13.0. The van der Waals surface area contributed by atoms with E-state index in [4.69, 9.17) is 4.74 Å². The molecule has 1 N–H and O–H groups in total. The number of carbonyl (C=O) groups is 1.